The van der Waals surface area contributed by atoms with Crippen molar-refractivity contribution in [3.05, 3.63) is 75.2 Å². The Morgan fingerprint density at radius 3 is 2.46 bits per heavy atom. The topological polar surface area (TPSA) is 79.7 Å². The van der Waals surface area contributed by atoms with Crippen LogP contribution in [0.5, 0.6) is 11.5 Å². The highest BCUT2D eigenvalue weighted by Gasteiger charge is 2.37. The van der Waals surface area contributed by atoms with Gasteiger partial charge in [-0.3, -0.25) is 9.59 Å². The zero-order chi connectivity index (χ0) is 27.4. The Bertz CT molecular complexity index is 1330. The third-order valence-corrected chi connectivity index (χ3v) is 11.5. The molecular formula is C28H35ClN2O5Si. The van der Waals surface area contributed by atoms with Crippen molar-refractivity contribution in [3.63, 3.8) is 0 Å². The SMILES string of the molecule is COc1ccc(Cn2ncccc2=O)c(OCCO[Si](C)(C)C(C)(C)C)c1-c1cc(Cl)ccc1C(C)=O. The summed E-state index contributed by atoms with van der Waals surface area (Å²) < 4.78 is 19.8. The highest BCUT2D eigenvalue weighted by Crippen LogP contribution is 2.44. The summed E-state index contributed by atoms with van der Waals surface area (Å²) in [7, 11) is -0.414. The minimum absolute atomic E-state index is 0.0661. The number of ether oxygens (including phenoxy) is 2. The van der Waals surface area contributed by atoms with Crippen LogP contribution in [0, 0.1) is 0 Å². The molecule has 1 aromatic heterocycles. The van der Waals surface area contributed by atoms with Gasteiger partial charge in [-0.05, 0) is 61.5 Å². The van der Waals surface area contributed by atoms with E-state index < -0.39 is 8.32 Å². The van der Waals surface area contributed by atoms with E-state index in [4.69, 9.17) is 25.5 Å². The van der Waals surface area contributed by atoms with E-state index in [1.165, 1.54) is 17.7 Å². The van der Waals surface area contributed by atoms with Crippen LogP contribution in [-0.2, 0) is 11.0 Å². The third kappa shape index (κ3) is 6.69. The molecule has 198 valence electrons. The van der Waals surface area contributed by atoms with E-state index in [-0.39, 0.29) is 29.5 Å². The Morgan fingerprint density at radius 2 is 1.84 bits per heavy atom. The first kappa shape index (κ1) is 28.6. The monoisotopic (exact) mass is 542 g/mol. The fourth-order valence-corrected chi connectivity index (χ4v) is 4.88. The van der Waals surface area contributed by atoms with Gasteiger partial charge in [0.2, 0.25) is 0 Å². The number of halogens is 1. The second-order valence-electron chi connectivity index (χ2n) is 10.4. The summed E-state index contributed by atoms with van der Waals surface area (Å²) in [6.07, 6.45) is 1.56. The first-order chi connectivity index (χ1) is 17.4. The molecule has 0 aliphatic rings. The van der Waals surface area contributed by atoms with Crippen LogP contribution in [0.1, 0.15) is 43.6 Å². The fourth-order valence-electron chi connectivity index (χ4n) is 3.68. The average molecular weight is 543 g/mol. The molecule has 0 unspecified atom stereocenters. The first-order valence-corrected chi connectivity index (χ1v) is 15.4. The van der Waals surface area contributed by atoms with Crippen LogP contribution >= 0.6 is 11.6 Å². The number of benzene rings is 2. The second-order valence-corrected chi connectivity index (χ2v) is 15.6. The Balaban J connectivity index is 2.12. The highest BCUT2D eigenvalue weighted by atomic mass is 35.5. The Morgan fingerprint density at radius 1 is 1.11 bits per heavy atom. The van der Waals surface area contributed by atoms with Gasteiger partial charge in [-0.1, -0.05) is 32.4 Å². The van der Waals surface area contributed by atoms with E-state index in [2.05, 4.69) is 39.0 Å². The van der Waals surface area contributed by atoms with Crippen molar-refractivity contribution in [3.8, 4) is 22.6 Å². The first-order valence-electron chi connectivity index (χ1n) is 12.2. The Hall–Kier alpha value is -2.94. The average Bonchev–Trinajstić information content (AvgIpc) is 2.82. The smallest absolute Gasteiger partial charge is 0.267 e. The summed E-state index contributed by atoms with van der Waals surface area (Å²) in [5, 5.41) is 4.74. The quantitative estimate of drug-likeness (QED) is 0.172. The van der Waals surface area contributed by atoms with Crippen LogP contribution < -0.4 is 15.0 Å². The lowest BCUT2D eigenvalue weighted by Gasteiger charge is -2.36. The predicted molar refractivity (Wildman–Crippen MR) is 150 cm³/mol. The number of hydrogen-bond acceptors (Lipinski definition) is 6. The number of rotatable bonds is 10. The number of carbonyl (C=O) groups is 1. The summed E-state index contributed by atoms with van der Waals surface area (Å²) in [6, 6.07) is 11.8. The molecule has 0 amide bonds. The predicted octanol–water partition coefficient (Wildman–Crippen LogP) is 6.22. The summed E-state index contributed by atoms with van der Waals surface area (Å²) in [5.74, 6) is 0.884. The molecule has 7 nitrogen and oxygen atoms in total. The number of Topliss-reactive ketones (excluding diaryl/α,β-unsaturated/α-hetero) is 1. The summed E-state index contributed by atoms with van der Waals surface area (Å²) in [6.45, 7) is 13.3. The summed E-state index contributed by atoms with van der Waals surface area (Å²) in [5.41, 5.74) is 2.13. The maximum absolute atomic E-state index is 12.6. The van der Waals surface area contributed by atoms with Gasteiger partial charge < -0.3 is 13.9 Å². The number of aromatic nitrogens is 2. The van der Waals surface area contributed by atoms with Gasteiger partial charge in [-0.25, -0.2) is 4.68 Å². The van der Waals surface area contributed by atoms with Crippen LogP contribution in [0.3, 0.4) is 0 Å². The zero-order valence-corrected chi connectivity index (χ0v) is 24.3. The molecule has 1 heterocycles. The van der Waals surface area contributed by atoms with Crippen molar-refractivity contribution in [2.24, 2.45) is 0 Å². The second kappa shape index (κ2) is 11.6. The molecular weight excluding hydrogens is 508 g/mol. The molecule has 9 heteroatoms. The Kier molecular flexibility index (Phi) is 8.99. The molecule has 0 saturated heterocycles. The zero-order valence-electron chi connectivity index (χ0n) is 22.6. The van der Waals surface area contributed by atoms with Crippen molar-refractivity contribution in [1.82, 2.24) is 9.78 Å². The molecule has 3 rings (SSSR count). The van der Waals surface area contributed by atoms with Crippen molar-refractivity contribution in [2.75, 3.05) is 20.3 Å². The minimum atomic E-state index is -1.97. The lowest BCUT2D eigenvalue weighted by Crippen LogP contribution is -2.41. The number of ketones is 1. The van der Waals surface area contributed by atoms with Crippen molar-refractivity contribution in [2.45, 2.75) is 52.4 Å². The van der Waals surface area contributed by atoms with Crippen LogP contribution in [-0.4, -0.2) is 44.2 Å². The molecule has 0 radical (unpaired) electrons. The van der Waals surface area contributed by atoms with E-state index in [0.29, 0.717) is 45.4 Å². The number of methoxy groups -OCH3 is 1. The van der Waals surface area contributed by atoms with Gasteiger partial charge in [0.25, 0.3) is 5.56 Å². The van der Waals surface area contributed by atoms with E-state index in [0.717, 1.165) is 0 Å². The van der Waals surface area contributed by atoms with Crippen molar-refractivity contribution in [1.29, 1.82) is 0 Å². The molecule has 37 heavy (non-hydrogen) atoms. The molecule has 0 N–H and O–H groups in total. The number of carbonyl (C=O) groups excluding carboxylic acids is 1. The molecule has 0 aliphatic heterocycles. The lowest BCUT2D eigenvalue weighted by molar-refractivity contribution is 0.101. The lowest BCUT2D eigenvalue weighted by atomic mass is 9.94. The molecule has 2 aromatic carbocycles. The molecule has 0 saturated carbocycles. The van der Waals surface area contributed by atoms with Crippen LogP contribution in [0.25, 0.3) is 11.1 Å². The van der Waals surface area contributed by atoms with Gasteiger partial charge in [0.1, 0.15) is 18.1 Å². The van der Waals surface area contributed by atoms with Gasteiger partial charge in [-0.2, -0.15) is 5.10 Å². The van der Waals surface area contributed by atoms with Gasteiger partial charge in [0.05, 0.1) is 25.8 Å². The van der Waals surface area contributed by atoms with Gasteiger partial charge in [-0.15, -0.1) is 0 Å². The van der Waals surface area contributed by atoms with Crippen LogP contribution in [0.2, 0.25) is 23.2 Å². The van der Waals surface area contributed by atoms with E-state index >= 15 is 0 Å². The van der Waals surface area contributed by atoms with E-state index in [1.807, 2.05) is 6.07 Å². The maximum atomic E-state index is 12.6. The van der Waals surface area contributed by atoms with Crippen LogP contribution in [0.15, 0.2) is 53.5 Å². The molecule has 0 aliphatic carbocycles. The molecule has 3 aromatic rings. The van der Waals surface area contributed by atoms with Crippen molar-refractivity contribution >= 4 is 25.7 Å². The number of hydrogen-bond donors (Lipinski definition) is 0. The fraction of sp³-hybridized carbons (Fsp3) is 0.393. The molecule has 0 spiro atoms. The molecule has 0 bridgehead atoms. The van der Waals surface area contributed by atoms with Gasteiger partial charge >= 0.3 is 0 Å². The largest absolute Gasteiger partial charge is 0.496 e. The molecule has 0 fully saturated rings. The van der Waals surface area contributed by atoms with Gasteiger partial charge in [0.15, 0.2) is 14.1 Å². The van der Waals surface area contributed by atoms with Crippen molar-refractivity contribution < 1.29 is 18.7 Å². The standard InChI is InChI=1S/C28H35ClN2O5Si/c1-19(32)22-12-11-21(29)17-23(22)26-24(34-5)13-10-20(18-31-25(33)9-8-14-30-31)27(26)35-15-16-36-37(6,7)28(2,3)4/h8-14,17H,15-16,18H2,1-7H3. The maximum Gasteiger partial charge on any atom is 0.267 e. The van der Waals surface area contributed by atoms with Crippen LogP contribution in [0.4, 0.5) is 0 Å². The van der Waals surface area contributed by atoms with Gasteiger partial charge in [0, 0.05) is 34.0 Å². The summed E-state index contributed by atoms with van der Waals surface area (Å²) >= 11 is 6.37. The minimum Gasteiger partial charge on any atom is -0.496 e. The number of nitrogens with zero attached hydrogens (tertiary/aromatic N) is 2. The third-order valence-electron chi connectivity index (χ3n) is 6.76. The highest BCUT2D eigenvalue weighted by molar-refractivity contribution is 6.74. The summed E-state index contributed by atoms with van der Waals surface area (Å²) in [4.78, 5) is 25.0. The Labute approximate surface area is 224 Å². The van der Waals surface area contributed by atoms with E-state index in [1.54, 1.807) is 43.6 Å². The normalized spacial score (nSPS) is 11.9. The molecule has 0 atom stereocenters. The van der Waals surface area contributed by atoms with E-state index in [9.17, 15) is 9.59 Å².